The summed E-state index contributed by atoms with van der Waals surface area (Å²) in [7, 11) is 1.29. The number of methoxy groups -OCH3 is 1. The smallest absolute Gasteiger partial charge is 0.328 e. The molecule has 0 bridgehead atoms. The lowest BCUT2D eigenvalue weighted by Crippen LogP contribution is -2.45. The average molecular weight is 396 g/mol. The Bertz CT molecular complexity index is 1120. The van der Waals surface area contributed by atoms with Gasteiger partial charge in [-0.15, -0.1) is 0 Å². The molecule has 0 saturated carbocycles. The van der Waals surface area contributed by atoms with Crippen LogP contribution in [-0.2, 0) is 20.7 Å². The number of rotatable bonds is 5. The van der Waals surface area contributed by atoms with E-state index in [-0.39, 0.29) is 12.3 Å². The first-order valence-corrected chi connectivity index (χ1v) is 9.68. The Balaban J connectivity index is 1.65. The van der Waals surface area contributed by atoms with Crippen molar-refractivity contribution in [3.05, 3.63) is 95.1 Å². The Hall–Kier alpha value is -3.91. The van der Waals surface area contributed by atoms with Crippen LogP contribution in [0.4, 0.5) is 0 Å². The number of carbonyl (C=O) groups excluding carboxylic acids is 2. The van der Waals surface area contributed by atoms with Gasteiger partial charge in [-0.1, -0.05) is 66.7 Å². The van der Waals surface area contributed by atoms with Crippen LogP contribution in [0.25, 0.3) is 11.1 Å². The summed E-state index contributed by atoms with van der Waals surface area (Å²) >= 11 is 0. The van der Waals surface area contributed by atoms with Crippen LogP contribution in [0.15, 0.2) is 72.8 Å². The minimum Gasteiger partial charge on any atom is -0.467 e. The standard InChI is InChI=1S/C25H20N2O3/c1-30-25(29)22(14-16-8-2-3-9-17(16)15-26)27-24(28)23-20-12-6-4-10-18(20)19-11-5-7-13-21(19)23/h2-13,22-23H,14H2,1H3,(H,27,28)/t22-/m0/s1. The molecule has 5 heteroatoms. The van der Waals surface area contributed by atoms with Crippen LogP contribution >= 0.6 is 0 Å². The van der Waals surface area contributed by atoms with Crippen molar-refractivity contribution in [1.29, 1.82) is 5.26 Å². The van der Waals surface area contributed by atoms with Gasteiger partial charge in [0.1, 0.15) is 6.04 Å². The quantitative estimate of drug-likeness (QED) is 0.669. The maximum atomic E-state index is 13.4. The third kappa shape index (κ3) is 3.44. The van der Waals surface area contributed by atoms with Gasteiger partial charge in [0.15, 0.2) is 0 Å². The summed E-state index contributed by atoms with van der Waals surface area (Å²) in [5.41, 5.74) is 5.03. The molecule has 30 heavy (non-hydrogen) atoms. The van der Waals surface area contributed by atoms with Gasteiger partial charge in [-0.25, -0.2) is 4.79 Å². The predicted molar refractivity (Wildman–Crippen MR) is 113 cm³/mol. The summed E-state index contributed by atoms with van der Waals surface area (Å²) in [6.07, 6.45) is 0.179. The SMILES string of the molecule is COC(=O)[C@H](Cc1ccccc1C#N)NC(=O)C1c2ccccc2-c2ccccc21. The molecular weight excluding hydrogens is 376 g/mol. The van der Waals surface area contributed by atoms with E-state index in [9.17, 15) is 14.9 Å². The Morgan fingerprint density at radius 3 is 2.13 bits per heavy atom. The molecule has 0 spiro atoms. The fraction of sp³-hybridized carbons (Fsp3) is 0.160. The molecule has 3 aromatic carbocycles. The molecule has 5 nitrogen and oxygen atoms in total. The highest BCUT2D eigenvalue weighted by molar-refractivity contribution is 5.97. The Morgan fingerprint density at radius 2 is 1.53 bits per heavy atom. The van der Waals surface area contributed by atoms with E-state index in [0.29, 0.717) is 11.1 Å². The van der Waals surface area contributed by atoms with Crippen LogP contribution in [0.1, 0.15) is 28.2 Å². The van der Waals surface area contributed by atoms with E-state index < -0.39 is 17.9 Å². The number of amides is 1. The number of nitrogens with one attached hydrogen (secondary N) is 1. The molecule has 0 heterocycles. The zero-order valence-corrected chi connectivity index (χ0v) is 16.5. The molecule has 0 saturated heterocycles. The van der Waals surface area contributed by atoms with Gasteiger partial charge >= 0.3 is 5.97 Å². The second-order valence-electron chi connectivity index (χ2n) is 7.16. The fourth-order valence-corrected chi connectivity index (χ4v) is 4.06. The van der Waals surface area contributed by atoms with Crippen molar-refractivity contribution < 1.29 is 14.3 Å². The van der Waals surface area contributed by atoms with Crippen molar-refractivity contribution in [1.82, 2.24) is 5.32 Å². The third-order valence-electron chi connectivity index (χ3n) is 5.46. The molecule has 0 aliphatic heterocycles. The van der Waals surface area contributed by atoms with Crippen molar-refractivity contribution in [3.63, 3.8) is 0 Å². The number of esters is 1. The lowest BCUT2D eigenvalue weighted by molar-refractivity contribution is -0.145. The highest BCUT2D eigenvalue weighted by atomic mass is 16.5. The van der Waals surface area contributed by atoms with Gasteiger partial charge in [0.05, 0.1) is 24.7 Å². The molecule has 0 unspecified atom stereocenters. The van der Waals surface area contributed by atoms with Crippen LogP contribution in [0, 0.1) is 11.3 Å². The van der Waals surface area contributed by atoms with Crippen molar-refractivity contribution in [2.45, 2.75) is 18.4 Å². The summed E-state index contributed by atoms with van der Waals surface area (Å²) in [5, 5.41) is 12.2. The zero-order valence-electron chi connectivity index (χ0n) is 16.5. The van der Waals surface area contributed by atoms with Crippen molar-refractivity contribution >= 4 is 11.9 Å². The van der Waals surface area contributed by atoms with E-state index in [1.807, 2.05) is 48.5 Å². The van der Waals surface area contributed by atoms with Gasteiger partial charge < -0.3 is 10.1 Å². The average Bonchev–Trinajstić information content (AvgIpc) is 3.13. The topological polar surface area (TPSA) is 79.2 Å². The molecule has 4 rings (SSSR count). The molecule has 0 aromatic heterocycles. The monoisotopic (exact) mass is 396 g/mol. The van der Waals surface area contributed by atoms with Crippen molar-refractivity contribution in [2.75, 3.05) is 7.11 Å². The molecule has 148 valence electrons. The van der Waals surface area contributed by atoms with Gasteiger partial charge in [0.25, 0.3) is 0 Å². The molecule has 1 N–H and O–H groups in total. The predicted octanol–water partition coefficient (Wildman–Crippen LogP) is 3.57. The largest absolute Gasteiger partial charge is 0.467 e. The summed E-state index contributed by atoms with van der Waals surface area (Å²) in [6.45, 7) is 0. The van der Waals surface area contributed by atoms with Gasteiger partial charge in [0.2, 0.25) is 5.91 Å². The maximum absolute atomic E-state index is 13.4. The van der Waals surface area contributed by atoms with Gasteiger partial charge in [0, 0.05) is 6.42 Å². The van der Waals surface area contributed by atoms with E-state index in [1.54, 1.807) is 24.3 Å². The minimum absolute atomic E-state index is 0.179. The second kappa shape index (κ2) is 8.22. The molecule has 1 aliphatic carbocycles. The summed E-state index contributed by atoms with van der Waals surface area (Å²) in [4.78, 5) is 25.8. The molecular formula is C25H20N2O3. The highest BCUT2D eigenvalue weighted by Crippen LogP contribution is 2.44. The number of hydrogen-bond acceptors (Lipinski definition) is 4. The number of benzene rings is 3. The highest BCUT2D eigenvalue weighted by Gasteiger charge is 2.35. The number of fused-ring (bicyclic) bond motifs is 3. The van der Waals surface area contributed by atoms with Crippen LogP contribution in [0.3, 0.4) is 0 Å². The molecule has 3 aromatic rings. The number of nitriles is 1. The zero-order chi connectivity index (χ0) is 21.1. The van der Waals surface area contributed by atoms with Crippen LogP contribution in [0.2, 0.25) is 0 Å². The van der Waals surface area contributed by atoms with E-state index in [1.165, 1.54) is 7.11 Å². The first-order valence-electron chi connectivity index (χ1n) is 9.68. The maximum Gasteiger partial charge on any atom is 0.328 e. The number of carbonyl (C=O) groups is 2. The Morgan fingerprint density at radius 1 is 0.967 bits per heavy atom. The molecule has 1 aliphatic rings. The molecule has 1 atom stereocenters. The number of ether oxygens (including phenoxy) is 1. The van der Waals surface area contributed by atoms with Crippen LogP contribution < -0.4 is 5.32 Å². The molecule has 0 radical (unpaired) electrons. The van der Waals surface area contributed by atoms with Gasteiger partial charge in [-0.2, -0.15) is 5.26 Å². The minimum atomic E-state index is -0.892. The first kappa shape index (κ1) is 19.4. The second-order valence-corrected chi connectivity index (χ2v) is 7.16. The van der Waals surface area contributed by atoms with E-state index >= 15 is 0 Å². The van der Waals surface area contributed by atoms with E-state index in [2.05, 4.69) is 11.4 Å². The molecule has 0 fully saturated rings. The Kier molecular flexibility index (Phi) is 5.32. The number of hydrogen-bond donors (Lipinski definition) is 1. The van der Waals surface area contributed by atoms with Crippen molar-refractivity contribution in [3.8, 4) is 17.2 Å². The summed E-state index contributed by atoms with van der Waals surface area (Å²) in [6, 6.07) is 23.9. The lowest BCUT2D eigenvalue weighted by atomic mass is 9.94. The first-order chi connectivity index (χ1) is 14.6. The molecule has 1 amide bonds. The van der Waals surface area contributed by atoms with E-state index in [0.717, 1.165) is 22.3 Å². The fourth-order valence-electron chi connectivity index (χ4n) is 4.06. The lowest BCUT2D eigenvalue weighted by Gasteiger charge is -2.20. The third-order valence-corrected chi connectivity index (χ3v) is 5.46. The van der Waals surface area contributed by atoms with Crippen molar-refractivity contribution in [2.24, 2.45) is 0 Å². The Labute approximate surface area is 174 Å². The summed E-state index contributed by atoms with van der Waals surface area (Å²) < 4.78 is 4.92. The van der Waals surface area contributed by atoms with E-state index in [4.69, 9.17) is 4.74 Å². The van der Waals surface area contributed by atoms with Gasteiger partial charge in [-0.05, 0) is 33.9 Å². The number of nitrogens with zero attached hydrogens (tertiary/aromatic N) is 1. The van der Waals surface area contributed by atoms with Crippen LogP contribution in [-0.4, -0.2) is 25.0 Å². The van der Waals surface area contributed by atoms with Gasteiger partial charge in [-0.3, -0.25) is 4.79 Å². The summed E-state index contributed by atoms with van der Waals surface area (Å²) in [5.74, 6) is -1.32. The normalized spacial score (nSPS) is 12.9. The van der Waals surface area contributed by atoms with Crippen LogP contribution in [0.5, 0.6) is 0 Å².